The number of benzene rings is 1. The van der Waals surface area contributed by atoms with Crippen LogP contribution in [0.2, 0.25) is 0 Å². The van der Waals surface area contributed by atoms with Crippen molar-refractivity contribution in [2.24, 2.45) is 0 Å². The highest BCUT2D eigenvalue weighted by Gasteiger charge is 2.22. The van der Waals surface area contributed by atoms with E-state index in [0.717, 1.165) is 12.1 Å². The Bertz CT molecular complexity index is 562. The van der Waals surface area contributed by atoms with Crippen LogP contribution in [0.5, 0.6) is 0 Å². The van der Waals surface area contributed by atoms with Crippen molar-refractivity contribution in [2.45, 2.75) is 12.7 Å². The van der Waals surface area contributed by atoms with Crippen LogP contribution in [0.3, 0.4) is 0 Å². The molecule has 1 aromatic rings. The van der Waals surface area contributed by atoms with Crippen molar-refractivity contribution >= 4 is 17.9 Å². The van der Waals surface area contributed by atoms with Gasteiger partial charge in [0.05, 0.1) is 11.1 Å². The second kappa shape index (κ2) is 6.48. The molecule has 0 spiro atoms. The highest BCUT2D eigenvalue weighted by atomic mass is 16.6. The molecule has 0 fully saturated rings. The standard InChI is InChI=1S/C13H12O7/c1-2-9(14)20-10(15)6-7-4-3-5-8(12(16)17)11(7)13(18)19/h2-5,10,15H,1,6H2,(H,16,17)(H,18,19). The zero-order chi connectivity index (χ0) is 15.3. The van der Waals surface area contributed by atoms with Crippen molar-refractivity contribution in [2.75, 3.05) is 0 Å². The van der Waals surface area contributed by atoms with Gasteiger partial charge in [-0.1, -0.05) is 18.7 Å². The highest BCUT2D eigenvalue weighted by Crippen LogP contribution is 2.17. The van der Waals surface area contributed by atoms with Crippen molar-refractivity contribution in [1.82, 2.24) is 0 Å². The molecule has 0 aliphatic carbocycles. The molecule has 20 heavy (non-hydrogen) atoms. The Kier molecular flexibility index (Phi) is 4.99. The molecule has 0 aromatic heterocycles. The average Bonchev–Trinajstić information content (AvgIpc) is 2.37. The van der Waals surface area contributed by atoms with Crippen LogP contribution in [0.15, 0.2) is 30.9 Å². The molecule has 0 saturated heterocycles. The van der Waals surface area contributed by atoms with E-state index in [1.165, 1.54) is 12.1 Å². The summed E-state index contributed by atoms with van der Waals surface area (Å²) in [7, 11) is 0. The number of carboxylic acid groups (broad SMARTS) is 2. The summed E-state index contributed by atoms with van der Waals surface area (Å²) >= 11 is 0. The van der Waals surface area contributed by atoms with E-state index in [4.69, 9.17) is 10.2 Å². The first-order chi connectivity index (χ1) is 9.36. The summed E-state index contributed by atoms with van der Waals surface area (Å²) in [6.07, 6.45) is -1.10. The number of esters is 1. The quantitative estimate of drug-likeness (QED) is 0.398. The number of hydrogen-bond donors (Lipinski definition) is 3. The fourth-order valence-electron chi connectivity index (χ4n) is 1.61. The second-order valence-electron chi connectivity index (χ2n) is 3.75. The fourth-order valence-corrected chi connectivity index (χ4v) is 1.61. The number of hydrogen-bond acceptors (Lipinski definition) is 5. The maximum atomic E-state index is 11.1. The minimum atomic E-state index is -1.59. The summed E-state index contributed by atoms with van der Waals surface area (Å²) < 4.78 is 4.50. The topological polar surface area (TPSA) is 121 Å². The van der Waals surface area contributed by atoms with Gasteiger partial charge in [0.1, 0.15) is 0 Å². The van der Waals surface area contributed by atoms with Gasteiger partial charge in [-0.05, 0) is 11.6 Å². The van der Waals surface area contributed by atoms with Gasteiger partial charge in [0.2, 0.25) is 6.29 Å². The third-order valence-corrected chi connectivity index (χ3v) is 2.41. The molecule has 0 bridgehead atoms. The van der Waals surface area contributed by atoms with Crippen molar-refractivity contribution in [1.29, 1.82) is 0 Å². The molecule has 0 amide bonds. The molecule has 1 unspecified atom stereocenters. The van der Waals surface area contributed by atoms with Crippen LogP contribution in [-0.2, 0) is 16.0 Å². The van der Waals surface area contributed by atoms with E-state index in [1.807, 2.05) is 0 Å². The number of aliphatic hydroxyl groups excluding tert-OH is 1. The van der Waals surface area contributed by atoms with Crippen molar-refractivity contribution < 1.29 is 34.4 Å². The summed E-state index contributed by atoms with van der Waals surface area (Å²) in [4.78, 5) is 33.0. The average molecular weight is 280 g/mol. The number of aromatic carboxylic acids is 2. The maximum absolute atomic E-state index is 11.1. The largest absolute Gasteiger partial charge is 0.478 e. The predicted octanol–water partition coefficient (Wildman–Crippen LogP) is 0.673. The van der Waals surface area contributed by atoms with E-state index < -0.39 is 35.3 Å². The molecule has 7 heteroatoms. The molecule has 0 heterocycles. The summed E-state index contributed by atoms with van der Waals surface area (Å²) in [5, 5.41) is 27.5. The van der Waals surface area contributed by atoms with E-state index in [0.29, 0.717) is 0 Å². The number of rotatable bonds is 6. The number of carbonyl (C=O) groups excluding carboxylic acids is 1. The Morgan fingerprint density at radius 2 is 1.90 bits per heavy atom. The van der Waals surface area contributed by atoms with Crippen LogP contribution in [0.1, 0.15) is 26.3 Å². The number of carboxylic acids is 2. The summed E-state index contributed by atoms with van der Waals surface area (Å²) in [6.45, 7) is 3.15. The molecular weight excluding hydrogens is 268 g/mol. The number of aliphatic hydroxyl groups is 1. The second-order valence-corrected chi connectivity index (χ2v) is 3.75. The number of carbonyl (C=O) groups is 3. The summed E-state index contributed by atoms with van der Waals surface area (Å²) in [5.41, 5.74) is -0.812. The van der Waals surface area contributed by atoms with Gasteiger partial charge in [-0.3, -0.25) is 0 Å². The van der Waals surface area contributed by atoms with Gasteiger partial charge in [0, 0.05) is 12.5 Å². The molecule has 1 aromatic carbocycles. The monoisotopic (exact) mass is 280 g/mol. The van der Waals surface area contributed by atoms with Gasteiger partial charge in [0.25, 0.3) is 0 Å². The lowest BCUT2D eigenvalue weighted by Crippen LogP contribution is -2.21. The van der Waals surface area contributed by atoms with Gasteiger partial charge in [-0.2, -0.15) is 0 Å². The molecule has 0 aliphatic heterocycles. The van der Waals surface area contributed by atoms with E-state index in [9.17, 15) is 19.5 Å². The molecule has 106 valence electrons. The Hall–Kier alpha value is -2.67. The molecule has 0 saturated carbocycles. The number of ether oxygens (including phenoxy) is 1. The first kappa shape index (κ1) is 15.4. The maximum Gasteiger partial charge on any atom is 0.336 e. The lowest BCUT2D eigenvalue weighted by molar-refractivity contribution is -0.161. The lowest BCUT2D eigenvalue weighted by Gasteiger charge is -2.13. The third-order valence-electron chi connectivity index (χ3n) is 2.41. The van der Waals surface area contributed by atoms with Crippen LogP contribution in [-0.4, -0.2) is 39.5 Å². The molecule has 3 N–H and O–H groups in total. The zero-order valence-electron chi connectivity index (χ0n) is 10.3. The normalized spacial score (nSPS) is 11.4. The minimum Gasteiger partial charge on any atom is -0.478 e. The molecule has 1 atom stereocenters. The Balaban J connectivity index is 3.09. The van der Waals surface area contributed by atoms with Crippen LogP contribution in [0, 0.1) is 0 Å². The van der Waals surface area contributed by atoms with E-state index in [-0.39, 0.29) is 12.0 Å². The highest BCUT2D eigenvalue weighted by molar-refractivity contribution is 6.02. The molecule has 1 rings (SSSR count). The Morgan fingerprint density at radius 1 is 1.25 bits per heavy atom. The van der Waals surface area contributed by atoms with Gasteiger partial charge >= 0.3 is 17.9 Å². The van der Waals surface area contributed by atoms with Crippen LogP contribution in [0.25, 0.3) is 0 Å². The summed E-state index contributed by atoms with van der Waals surface area (Å²) in [5.74, 6) is -3.72. The third kappa shape index (κ3) is 3.66. The molecule has 0 aliphatic rings. The van der Waals surface area contributed by atoms with Crippen LogP contribution >= 0.6 is 0 Å². The van der Waals surface area contributed by atoms with Gasteiger partial charge in [-0.25, -0.2) is 14.4 Å². The van der Waals surface area contributed by atoms with Gasteiger partial charge < -0.3 is 20.1 Å². The lowest BCUT2D eigenvalue weighted by atomic mass is 9.98. The Morgan fingerprint density at radius 3 is 2.40 bits per heavy atom. The van der Waals surface area contributed by atoms with Crippen LogP contribution in [0.4, 0.5) is 0 Å². The van der Waals surface area contributed by atoms with Gasteiger partial charge in [-0.15, -0.1) is 0 Å². The Labute approximate surface area is 113 Å². The van der Waals surface area contributed by atoms with Crippen molar-refractivity contribution in [3.8, 4) is 0 Å². The van der Waals surface area contributed by atoms with Crippen LogP contribution < -0.4 is 0 Å². The summed E-state index contributed by atoms with van der Waals surface area (Å²) in [6, 6.07) is 3.81. The van der Waals surface area contributed by atoms with E-state index in [2.05, 4.69) is 11.3 Å². The van der Waals surface area contributed by atoms with Crippen molar-refractivity contribution in [3.05, 3.63) is 47.5 Å². The fraction of sp³-hybridized carbons (Fsp3) is 0.154. The SMILES string of the molecule is C=CC(=O)OC(O)Cc1cccc(C(=O)O)c1C(=O)O. The first-order valence-corrected chi connectivity index (χ1v) is 5.46. The zero-order valence-corrected chi connectivity index (χ0v) is 10.3. The van der Waals surface area contributed by atoms with E-state index >= 15 is 0 Å². The molecule has 0 radical (unpaired) electrons. The van der Waals surface area contributed by atoms with Crippen molar-refractivity contribution in [3.63, 3.8) is 0 Å². The molecule has 7 nitrogen and oxygen atoms in total. The van der Waals surface area contributed by atoms with Gasteiger partial charge in [0.15, 0.2) is 0 Å². The minimum absolute atomic E-state index is 0.0433. The predicted molar refractivity (Wildman–Crippen MR) is 66.4 cm³/mol. The van der Waals surface area contributed by atoms with E-state index in [1.54, 1.807) is 0 Å². The smallest absolute Gasteiger partial charge is 0.336 e. The molecular formula is C13H12O7. The first-order valence-electron chi connectivity index (χ1n) is 5.46.